The maximum absolute atomic E-state index is 6.48. The molecule has 0 spiro atoms. The molecule has 0 aliphatic heterocycles. The molecule has 196 valence electrons. The van der Waals surface area contributed by atoms with Gasteiger partial charge in [-0.15, -0.1) is 0 Å². The Balaban J connectivity index is 1.29. The molecule has 0 amide bonds. The van der Waals surface area contributed by atoms with Crippen LogP contribution in [-0.2, 0) is 6.54 Å². The first-order valence-electron chi connectivity index (χ1n) is 13.8. The fourth-order valence-corrected chi connectivity index (χ4v) is 6.03. The average molecular weight is 531 g/mol. The van der Waals surface area contributed by atoms with Crippen LogP contribution in [0.1, 0.15) is 5.56 Å². The minimum atomic E-state index is 0.474. The summed E-state index contributed by atoms with van der Waals surface area (Å²) < 4.78 is 12.8. The number of anilines is 3. The lowest BCUT2D eigenvalue weighted by atomic mass is 9.97. The molecule has 0 unspecified atom stereocenters. The Bertz CT molecular complexity index is 2150. The van der Waals surface area contributed by atoms with E-state index in [0.717, 1.165) is 77.6 Å². The van der Waals surface area contributed by atoms with Gasteiger partial charge >= 0.3 is 0 Å². The lowest BCUT2D eigenvalue weighted by Gasteiger charge is -2.25. The van der Waals surface area contributed by atoms with Gasteiger partial charge in [-0.25, -0.2) is 0 Å². The monoisotopic (exact) mass is 530 g/mol. The molecule has 2 heterocycles. The standard InChI is InChI=1S/C37H26N2O2/c38-23-25-9-7-15-32-36(25)30-19-17-24(21-34(30)40-32)29-14-8-16-33-37(29)31-20-18-28(22-35(31)41-33)39(26-10-3-1-4-11-26)27-12-5-2-6-13-27/h1-22H,23,38H2. The van der Waals surface area contributed by atoms with Gasteiger partial charge in [-0.1, -0.05) is 66.7 Å². The molecular formula is C37H26N2O2. The molecule has 2 N–H and O–H groups in total. The third-order valence-corrected chi connectivity index (χ3v) is 7.88. The van der Waals surface area contributed by atoms with Crippen LogP contribution >= 0.6 is 0 Å². The Morgan fingerprint density at radius 1 is 0.488 bits per heavy atom. The first-order chi connectivity index (χ1) is 20.3. The predicted molar refractivity (Wildman–Crippen MR) is 169 cm³/mol. The van der Waals surface area contributed by atoms with Gasteiger partial charge in [0.25, 0.3) is 0 Å². The van der Waals surface area contributed by atoms with Gasteiger partial charge in [0.1, 0.15) is 22.3 Å². The summed E-state index contributed by atoms with van der Waals surface area (Å²) in [7, 11) is 0. The number of hydrogen-bond acceptors (Lipinski definition) is 4. The van der Waals surface area contributed by atoms with Crippen LogP contribution in [0.25, 0.3) is 55.0 Å². The van der Waals surface area contributed by atoms with Gasteiger partial charge in [0, 0.05) is 51.2 Å². The molecule has 0 bridgehead atoms. The molecule has 0 aliphatic carbocycles. The minimum absolute atomic E-state index is 0.474. The fraction of sp³-hybridized carbons (Fsp3) is 0.0270. The molecule has 0 atom stereocenters. The maximum Gasteiger partial charge on any atom is 0.137 e. The number of furan rings is 2. The van der Waals surface area contributed by atoms with Crippen LogP contribution in [-0.4, -0.2) is 0 Å². The summed E-state index contributed by atoms with van der Waals surface area (Å²) in [6.07, 6.45) is 0. The molecule has 0 aliphatic rings. The third kappa shape index (κ3) is 3.80. The van der Waals surface area contributed by atoms with E-state index in [0.29, 0.717) is 6.54 Å². The summed E-state index contributed by atoms with van der Waals surface area (Å²) in [6.45, 7) is 0.474. The van der Waals surface area contributed by atoms with Crippen molar-refractivity contribution < 1.29 is 8.83 Å². The minimum Gasteiger partial charge on any atom is -0.456 e. The summed E-state index contributed by atoms with van der Waals surface area (Å²) in [5, 5.41) is 4.35. The Labute approximate surface area is 236 Å². The van der Waals surface area contributed by atoms with Crippen molar-refractivity contribution in [2.75, 3.05) is 4.90 Å². The molecule has 2 aromatic heterocycles. The van der Waals surface area contributed by atoms with E-state index in [1.807, 2.05) is 30.3 Å². The lowest BCUT2D eigenvalue weighted by molar-refractivity contribution is 0.668. The highest BCUT2D eigenvalue weighted by Crippen LogP contribution is 2.42. The number of nitrogens with zero attached hydrogens (tertiary/aromatic N) is 1. The van der Waals surface area contributed by atoms with Gasteiger partial charge in [0.15, 0.2) is 0 Å². The van der Waals surface area contributed by atoms with Crippen LogP contribution in [0, 0.1) is 0 Å². The van der Waals surface area contributed by atoms with Crippen molar-refractivity contribution in [2.24, 2.45) is 5.73 Å². The normalized spacial score (nSPS) is 11.6. The average Bonchev–Trinajstić information content (AvgIpc) is 3.59. The Morgan fingerprint density at radius 2 is 1.10 bits per heavy atom. The van der Waals surface area contributed by atoms with Crippen molar-refractivity contribution in [3.8, 4) is 11.1 Å². The second-order valence-corrected chi connectivity index (χ2v) is 10.3. The number of benzene rings is 6. The Hall–Kier alpha value is -5.32. The van der Waals surface area contributed by atoms with Gasteiger partial charge in [-0.05, 0) is 77.4 Å². The molecule has 8 aromatic rings. The highest BCUT2D eigenvalue weighted by Gasteiger charge is 2.18. The number of fused-ring (bicyclic) bond motifs is 6. The molecule has 0 radical (unpaired) electrons. The summed E-state index contributed by atoms with van der Waals surface area (Å²) in [4.78, 5) is 2.25. The molecule has 0 fully saturated rings. The van der Waals surface area contributed by atoms with E-state index in [2.05, 4.69) is 108 Å². The van der Waals surface area contributed by atoms with E-state index < -0.39 is 0 Å². The molecular weight excluding hydrogens is 504 g/mol. The molecule has 4 nitrogen and oxygen atoms in total. The number of para-hydroxylation sites is 2. The lowest BCUT2D eigenvalue weighted by Crippen LogP contribution is -2.09. The van der Waals surface area contributed by atoms with Crippen molar-refractivity contribution in [3.63, 3.8) is 0 Å². The van der Waals surface area contributed by atoms with Crippen LogP contribution in [0.2, 0.25) is 0 Å². The summed E-state index contributed by atoms with van der Waals surface area (Å²) in [5.74, 6) is 0. The van der Waals surface area contributed by atoms with Gasteiger partial charge in [0.05, 0.1) is 0 Å². The second-order valence-electron chi connectivity index (χ2n) is 10.3. The van der Waals surface area contributed by atoms with E-state index in [1.54, 1.807) is 0 Å². The van der Waals surface area contributed by atoms with Crippen LogP contribution in [0.3, 0.4) is 0 Å². The third-order valence-electron chi connectivity index (χ3n) is 7.88. The second kappa shape index (κ2) is 9.40. The van der Waals surface area contributed by atoms with Crippen molar-refractivity contribution >= 4 is 60.9 Å². The number of rotatable bonds is 5. The van der Waals surface area contributed by atoms with Crippen LogP contribution in [0.4, 0.5) is 17.1 Å². The zero-order valence-corrected chi connectivity index (χ0v) is 22.2. The first kappa shape index (κ1) is 23.6. The van der Waals surface area contributed by atoms with E-state index in [9.17, 15) is 0 Å². The smallest absolute Gasteiger partial charge is 0.137 e. The molecule has 0 saturated carbocycles. The van der Waals surface area contributed by atoms with Gasteiger partial charge in [0.2, 0.25) is 0 Å². The zero-order valence-electron chi connectivity index (χ0n) is 22.2. The fourth-order valence-electron chi connectivity index (χ4n) is 6.03. The zero-order chi connectivity index (χ0) is 27.3. The largest absolute Gasteiger partial charge is 0.456 e. The molecule has 8 rings (SSSR count). The summed E-state index contributed by atoms with van der Waals surface area (Å²) in [6, 6.07) is 46.1. The van der Waals surface area contributed by atoms with Crippen LogP contribution < -0.4 is 10.6 Å². The number of hydrogen-bond donors (Lipinski definition) is 1. The van der Waals surface area contributed by atoms with E-state index in [1.165, 1.54) is 0 Å². The van der Waals surface area contributed by atoms with E-state index >= 15 is 0 Å². The predicted octanol–water partition coefficient (Wildman–Crippen LogP) is 10.1. The number of nitrogens with two attached hydrogens (primary N) is 1. The van der Waals surface area contributed by atoms with E-state index in [-0.39, 0.29) is 0 Å². The van der Waals surface area contributed by atoms with Gasteiger partial charge in [-0.2, -0.15) is 0 Å². The van der Waals surface area contributed by atoms with Gasteiger partial charge in [-0.3, -0.25) is 0 Å². The summed E-state index contributed by atoms with van der Waals surface area (Å²) in [5.41, 5.74) is 15.9. The van der Waals surface area contributed by atoms with E-state index in [4.69, 9.17) is 14.6 Å². The van der Waals surface area contributed by atoms with Crippen molar-refractivity contribution in [1.82, 2.24) is 0 Å². The Morgan fingerprint density at radius 3 is 1.80 bits per heavy atom. The van der Waals surface area contributed by atoms with Crippen LogP contribution in [0.5, 0.6) is 0 Å². The first-order valence-corrected chi connectivity index (χ1v) is 13.8. The highest BCUT2D eigenvalue weighted by atomic mass is 16.3. The SMILES string of the molecule is NCc1cccc2oc3cc(-c4cccc5oc6cc(N(c7ccccc7)c7ccccc7)ccc6c45)ccc3c12. The van der Waals surface area contributed by atoms with Crippen molar-refractivity contribution in [3.05, 3.63) is 139 Å². The quantitative estimate of drug-likeness (QED) is 0.240. The molecule has 41 heavy (non-hydrogen) atoms. The maximum atomic E-state index is 6.48. The topological polar surface area (TPSA) is 55.5 Å². The van der Waals surface area contributed by atoms with Gasteiger partial charge < -0.3 is 19.5 Å². The molecule has 4 heteroatoms. The molecule has 6 aromatic carbocycles. The summed E-state index contributed by atoms with van der Waals surface area (Å²) >= 11 is 0. The van der Waals surface area contributed by atoms with Crippen molar-refractivity contribution in [1.29, 1.82) is 0 Å². The molecule has 0 saturated heterocycles. The Kier molecular flexibility index (Phi) is 5.40. The highest BCUT2D eigenvalue weighted by molar-refractivity contribution is 6.14. The van der Waals surface area contributed by atoms with Crippen LogP contribution in [0.15, 0.2) is 142 Å². The van der Waals surface area contributed by atoms with Crippen molar-refractivity contribution in [2.45, 2.75) is 6.54 Å².